The monoisotopic (exact) mass is 351 g/mol. The summed E-state index contributed by atoms with van der Waals surface area (Å²) in [6.45, 7) is 2.40. The van der Waals surface area contributed by atoms with Gasteiger partial charge in [0.15, 0.2) is 0 Å². The van der Waals surface area contributed by atoms with Crippen LogP contribution in [0, 0.1) is 6.92 Å². The van der Waals surface area contributed by atoms with Crippen molar-refractivity contribution in [3.63, 3.8) is 0 Å². The van der Waals surface area contributed by atoms with Crippen LogP contribution in [0.3, 0.4) is 0 Å². The maximum absolute atomic E-state index is 10.7. The van der Waals surface area contributed by atoms with Crippen LogP contribution in [0.1, 0.15) is 10.4 Å². The summed E-state index contributed by atoms with van der Waals surface area (Å²) in [6.07, 6.45) is 0.419. The van der Waals surface area contributed by atoms with Gasteiger partial charge in [0.25, 0.3) is 6.47 Å². The number of nitrogens with one attached hydrogen (secondary N) is 1. The molecule has 0 unspecified atom stereocenters. The van der Waals surface area contributed by atoms with Gasteiger partial charge in [0.1, 0.15) is 0 Å². The summed E-state index contributed by atoms with van der Waals surface area (Å²) >= 11 is 1.50. The molecule has 3 rings (SSSR count). The molecule has 3 aromatic rings. The molecular weight excluding hydrogens is 334 g/mol. The normalized spacial score (nSPS) is 11.2. The molecule has 0 radical (unpaired) electrons. The maximum atomic E-state index is 10.7. The summed E-state index contributed by atoms with van der Waals surface area (Å²) in [4.78, 5) is 16.4. The van der Waals surface area contributed by atoms with Gasteiger partial charge in [-0.2, -0.15) is 0 Å². The molecule has 0 fully saturated rings. The number of hydrogen-bond acceptors (Lipinski definition) is 6. The molecule has 25 heavy (non-hydrogen) atoms. The van der Waals surface area contributed by atoms with Gasteiger partial charge < -0.3 is 4.74 Å². The van der Waals surface area contributed by atoms with E-state index in [1.54, 1.807) is 0 Å². The summed E-state index contributed by atoms with van der Waals surface area (Å²) in [5, 5.41) is 4.84. The highest BCUT2D eigenvalue weighted by atomic mass is 32.1. The predicted molar refractivity (Wildman–Crippen MR) is 101 cm³/mol. The Morgan fingerprint density at radius 1 is 1.16 bits per heavy atom. The molecule has 0 amide bonds. The van der Waals surface area contributed by atoms with Crippen molar-refractivity contribution in [1.29, 1.82) is 0 Å². The maximum Gasteiger partial charge on any atom is 0.299 e. The van der Waals surface area contributed by atoms with Crippen molar-refractivity contribution in [2.45, 2.75) is 13.3 Å². The molecule has 5 nitrogen and oxygen atoms in total. The molecule has 2 aromatic carbocycles. The van der Waals surface area contributed by atoms with Crippen LogP contribution in [0.25, 0.3) is 11.3 Å². The van der Waals surface area contributed by atoms with E-state index in [1.807, 2.05) is 67.6 Å². The van der Waals surface area contributed by atoms with Gasteiger partial charge in [-0.3, -0.25) is 4.79 Å². The van der Waals surface area contributed by atoms with Crippen LogP contribution < -0.4 is 5.43 Å². The summed E-state index contributed by atoms with van der Waals surface area (Å²) in [7, 11) is 0. The summed E-state index contributed by atoms with van der Waals surface area (Å²) in [5.74, 6) is 0.287. The Morgan fingerprint density at radius 2 is 1.84 bits per heavy atom. The van der Waals surface area contributed by atoms with Crippen molar-refractivity contribution < 1.29 is 9.53 Å². The minimum Gasteiger partial charge on any atom is -0.412 e. The fourth-order valence-electron chi connectivity index (χ4n) is 2.35. The van der Waals surface area contributed by atoms with Crippen LogP contribution in [0.2, 0.25) is 0 Å². The van der Waals surface area contributed by atoms with Crippen LogP contribution in [0.4, 0.5) is 5.13 Å². The van der Waals surface area contributed by atoms with Gasteiger partial charge in [0.2, 0.25) is 11.0 Å². The van der Waals surface area contributed by atoms with Crippen LogP contribution in [-0.4, -0.2) is 17.4 Å². The van der Waals surface area contributed by atoms with Crippen LogP contribution in [0.5, 0.6) is 0 Å². The first-order chi connectivity index (χ1) is 12.3. The molecule has 0 atom stereocenters. The number of aromatic nitrogens is 1. The predicted octanol–water partition coefficient (Wildman–Crippen LogP) is 4.26. The number of benzene rings is 2. The van der Waals surface area contributed by atoms with Crippen molar-refractivity contribution in [2.75, 3.05) is 5.43 Å². The minimum absolute atomic E-state index is 0.287. The van der Waals surface area contributed by atoms with Gasteiger partial charge in [-0.25, -0.2) is 10.4 Å². The Bertz CT molecular complexity index is 861. The molecular formula is C19H17N3O2S. The second-order valence-corrected chi connectivity index (χ2v) is 6.49. The molecule has 0 aliphatic carbocycles. The molecule has 0 bridgehead atoms. The molecule has 0 aliphatic heterocycles. The van der Waals surface area contributed by atoms with Gasteiger partial charge in [-0.05, 0) is 12.5 Å². The van der Waals surface area contributed by atoms with Gasteiger partial charge in [0.05, 0.1) is 12.1 Å². The number of aryl methyl sites for hydroxylation is 1. The minimum atomic E-state index is 0.287. The second-order valence-electron chi connectivity index (χ2n) is 5.28. The largest absolute Gasteiger partial charge is 0.412 e. The Morgan fingerprint density at radius 3 is 2.52 bits per heavy atom. The highest BCUT2D eigenvalue weighted by Crippen LogP contribution is 2.30. The molecule has 0 aliphatic rings. The number of nitrogens with zero attached hydrogens (tertiary/aromatic N) is 2. The molecule has 6 heteroatoms. The molecule has 126 valence electrons. The van der Waals surface area contributed by atoms with E-state index in [1.165, 1.54) is 11.3 Å². The highest BCUT2D eigenvalue weighted by molar-refractivity contribution is 7.15. The Hall–Kier alpha value is -2.99. The zero-order chi connectivity index (χ0) is 17.5. The zero-order valence-electron chi connectivity index (χ0n) is 13.7. The summed E-state index contributed by atoms with van der Waals surface area (Å²) in [6, 6.07) is 19.7. The number of carbonyl (C=O) groups excluding carboxylic acids is 1. The Balaban J connectivity index is 1.76. The van der Waals surface area contributed by atoms with E-state index in [2.05, 4.69) is 15.5 Å². The van der Waals surface area contributed by atoms with Gasteiger partial charge in [0, 0.05) is 10.4 Å². The topological polar surface area (TPSA) is 63.6 Å². The van der Waals surface area contributed by atoms with Gasteiger partial charge in [-0.15, -0.1) is 16.4 Å². The van der Waals surface area contributed by atoms with E-state index in [-0.39, 0.29) is 5.90 Å². The quantitative estimate of drug-likeness (QED) is 0.312. The zero-order valence-corrected chi connectivity index (χ0v) is 14.5. The molecule has 1 N–H and O–H groups in total. The van der Waals surface area contributed by atoms with Crippen molar-refractivity contribution in [3.05, 3.63) is 71.1 Å². The van der Waals surface area contributed by atoms with E-state index in [0.717, 1.165) is 21.7 Å². The average molecular weight is 351 g/mol. The van der Waals surface area contributed by atoms with Crippen molar-refractivity contribution >= 4 is 28.8 Å². The lowest BCUT2D eigenvalue weighted by molar-refractivity contribution is -0.121. The Kier molecular flexibility index (Phi) is 5.53. The number of hydrazone groups is 1. The molecule has 1 heterocycles. The third kappa shape index (κ3) is 4.51. The molecule has 0 spiro atoms. The highest BCUT2D eigenvalue weighted by Gasteiger charge is 2.10. The van der Waals surface area contributed by atoms with Crippen LogP contribution >= 0.6 is 11.3 Å². The molecule has 0 saturated carbocycles. The van der Waals surface area contributed by atoms with Gasteiger partial charge in [-0.1, -0.05) is 60.7 Å². The first kappa shape index (κ1) is 16.9. The molecule has 0 saturated heterocycles. The van der Waals surface area contributed by atoms with Crippen molar-refractivity contribution in [2.24, 2.45) is 5.10 Å². The Labute approximate surface area is 150 Å². The summed E-state index contributed by atoms with van der Waals surface area (Å²) in [5.41, 5.74) is 5.87. The van der Waals surface area contributed by atoms with E-state index >= 15 is 0 Å². The van der Waals surface area contributed by atoms with Crippen molar-refractivity contribution in [3.8, 4) is 11.3 Å². The SMILES string of the molecule is Cc1sc(NN=C(Cc2ccccc2)OC=O)nc1-c1ccccc1. The number of thiazole rings is 1. The number of anilines is 1. The average Bonchev–Trinajstić information content (AvgIpc) is 3.02. The number of rotatable bonds is 6. The lowest BCUT2D eigenvalue weighted by Crippen LogP contribution is -2.10. The fourth-order valence-corrected chi connectivity index (χ4v) is 3.13. The van der Waals surface area contributed by atoms with E-state index < -0.39 is 0 Å². The van der Waals surface area contributed by atoms with Crippen LogP contribution in [0.15, 0.2) is 65.8 Å². The van der Waals surface area contributed by atoms with Gasteiger partial charge >= 0.3 is 0 Å². The lowest BCUT2D eigenvalue weighted by Gasteiger charge is -2.04. The first-order valence-corrected chi connectivity index (χ1v) is 8.57. The van der Waals surface area contributed by atoms with E-state index in [4.69, 9.17) is 4.74 Å². The van der Waals surface area contributed by atoms with E-state index in [9.17, 15) is 4.79 Å². The number of carbonyl (C=O) groups is 1. The van der Waals surface area contributed by atoms with E-state index in [0.29, 0.717) is 18.0 Å². The summed E-state index contributed by atoms with van der Waals surface area (Å²) < 4.78 is 4.97. The lowest BCUT2D eigenvalue weighted by atomic mass is 10.1. The fraction of sp³-hybridized carbons (Fsp3) is 0.105. The van der Waals surface area contributed by atoms with Crippen molar-refractivity contribution in [1.82, 2.24) is 4.98 Å². The van der Waals surface area contributed by atoms with Crippen LogP contribution in [-0.2, 0) is 16.0 Å². The standard InChI is InChI=1S/C19H17N3O2S/c1-14-18(16-10-6-3-7-11-16)20-19(25-14)22-21-17(24-13-23)12-15-8-4-2-5-9-15/h2-11,13H,12H2,1H3,(H,20,22). The number of ether oxygens (including phenoxy) is 1. The third-order valence-electron chi connectivity index (χ3n) is 3.50. The number of hydrogen-bond donors (Lipinski definition) is 1. The third-order valence-corrected chi connectivity index (χ3v) is 4.38. The smallest absolute Gasteiger partial charge is 0.299 e. The first-order valence-electron chi connectivity index (χ1n) is 7.76. The second kappa shape index (κ2) is 8.21. The molecule has 1 aromatic heterocycles.